The van der Waals surface area contributed by atoms with E-state index in [-0.39, 0.29) is 17.5 Å². The molecule has 0 amide bonds. The predicted molar refractivity (Wildman–Crippen MR) is 111 cm³/mol. The molecule has 2 aliphatic rings. The molecule has 150 valence electrons. The minimum atomic E-state index is -2.89. The second-order valence-electron chi connectivity index (χ2n) is 7.95. The molecule has 2 fully saturated rings. The zero-order valence-corrected chi connectivity index (χ0v) is 17.3. The van der Waals surface area contributed by atoms with Gasteiger partial charge in [-0.05, 0) is 49.4 Å². The molecule has 1 aromatic rings. The minimum absolute atomic E-state index is 0.0455. The monoisotopic (exact) mass is 392 g/mol. The van der Waals surface area contributed by atoms with Gasteiger partial charge in [0.05, 0.1) is 11.5 Å². The van der Waals surface area contributed by atoms with E-state index in [4.69, 9.17) is 0 Å². The molecule has 2 aliphatic heterocycles. The normalized spacial score (nSPS) is 24.1. The summed E-state index contributed by atoms with van der Waals surface area (Å²) in [6, 6.07) is 8.67. The maximum atomic E-state index is 11.6. The Morgan fingerprint density at radius 1 is 1.15 bits per heavy atom. The molecule has 0 aliphatic carbocycles. The van der Waals surface area contributed by atoms with Crippen molar-refractivity contribution in [1.82, 2.24) is 15.5 Å². The lowest BCUT2D eigenvalue weighted by molar-refractivity contribution is 0.185. The molecule has 2 heterocycles. The highest BCUT2D eigenvalue weighted by atomic mass is 32.2. The third kappa shape index (κ3) is 6.21. The molecule has 2 saturated heterocycles. The fourth-order valence-corrected chi connectivity index (χ4v) is 5.40. The Kier molecular flexibility index (Phi) is 6.76. The summed E-state index contributed by atoms with van der Waals surface area (Å²) in [4.78, 5) is 6.74. The van der Waals surface area contributed by atoms with Crippen molar-refractivity contribution in [3.05, 3.63) is 35.4 Å². The second-order valence-corrected chi connectivity index (χ2v) is 10.2. The zero-order valence-electron chi connectivity index (χ0n) is 16.4. The third-order valence-electron chi connectivity index (χ3n) is 5.56. The average Bonchev–Trinajstić information content (AvgIpc) is 3.00. The Labute approximate surface area is 163 Å². The lowest BCUT2D eigenvalue weighted by Gasteiger charge is -2.30. The van der Waals surface area contributed by atoms with Crippen molar-refractivity contribution >= 4 is 15.8 Å². The summed E-state index contributed by atoms with van der Waals surface area (Å²) in [6.07, 6.45) is 3.25. The van der Waals surface area contributed by atoms with Gasteiger partial charge < -0.3 is 10.6 Å². The Balaban J connectivity index is 1.45. The van der Waals surface area contributed by atoms with Gasteiger partial charge >= 0.3 is 0 Å². The Hall–Kier alpha value is -1.60. The van der Waals surface area contributed by atoms with Gasteiger partial charge in [-0.2, -0.15) is 0 Å². The summed E-state index contributed by atoms with van der Waals surface area (Å²) in [5.41, 5.74) is 2.54. The molecule has 2 N–H and O–H groups in total. The van der Waals surface area contributed by atoms with E-state index in [0.29, 0.717) is 18.9 Å². The predicted octanol–water partition coefficient (Wildman–Crippen LogP) is 1.77. The third-order valence-corrected chi connectivity index (χ3v) is 7.33. The van der Waals surface area contributed by atoms with Crippen molar-refractivity contribution < 1.29 is 8.42 Å². The van der Waals surface area contributed by atoms with Crippen LogP contribution in [0.25, 0.3) is 0 Å². The van der Waals surface area contributed by atoms with Crippen LogP contribution in [0.1, 0.15) is 37.3 Å². The standard InChI is InChI=1S/C20H32N4O2S/c1-16-7-10-24(11-8-16)14-18-5-3-17(4-6-18)13-22-20(21-2)23-19-9-12-27(25,26)15-19/h3-6,16,19H,7-15H2,1-2H3,(H2,21,22,23). The first-order valence-electron chi connectivity index (χ1n) is 9.91. The van der Waals surface area contributed by atoms with Crippen molar-refractivity contribution in [3.8, 4) is 0 Å². The van der Waals surface area contributed by atoms with Crippen LogP contribution in [0.3, 0.4) is 0 Å². The number of piperidine rings is 1. The maximum absolute atomic E-state index is 11.6. The van der Waals surface area contributed by atoms with Gasteiger partial charge in [-0.3, -0.25) is 9.89 Å². The van der Waals surface area contributed by atoms with Gasteiger partial charge in [0.1, 0.15) is 0 Å². The summed E-state index contributed by atoms with van der Waals surface area (Å²) in [5, 5.41) is 6.49. The molecule has 0 bridgehead atoms. The van der Waals surface area contributed by atoms with Crippen LogP contribution in [0.4, 0.5) is 0 Å². The molecule has 0 aromatic heterocycles. The van der Waals surface area contributed by atoms with E-state index in [1.54, 1.807) is 7.05 Å². The molecule has 0 saturated carbocycles. The van der Waals surface area contributed by atoms with Crippen molar-refractivity contribution in [3.63, 3.8) is 0 Å². The molecule has 1 aromatic carbocycles. The number of benzene rings is 1. The van der Waals surface area contributed by atoms with E-state index >= 15 is 0 Å². The molecule has 3 rings (SSSR count). The summed E-state index contributed by atoms with van der Waals surface area (Å²) < 4.78 is 23.2. The van der Waals surface area contributed by atoms with Crippen molar-refractivity contribution in [2.75, 3.05) is 31.6 Å². The number of nitrogens with zero attached hydrogens (tertiary/aromatic N) is 2. The van der Waals surface area contributed by atoms with E-state index < -0.39 is 9.84 Å². The van der Waals surface area contributed by atoms with Crippen LogP contribution in [-0.2, 0) is 22.9 Å². The van der Waals surface area contributed by atoms with Crippen molar-refractivity contribution in [1.29, 1.82) is 0 Å². The van der Waals surface area contributed by atoms with Crippen LogP contribution in [0.5, 0.6) is 0 Å². The molecule has 7 heteroatoms. The highest BCUT2D eigenvalue weighted by molar-refractivity contribution is 7.91. The van der Waals surface area contributed by atoms with Crippen LogP contribution in [0.15, 0.2) is 29.3 Å². The summed E-state index contributed by atoms with van der Waals surface area (Å²) in [5.74, 6) is 1.97. The molecular formula is C20H32N4O2S. The first-order chi connectivity index (χ1) is 12.9. The number of aliphatic imine (C=N–C) groups is 1. The zero-order chi connectivity index (χ0) is 19.3. The summed E-state index contributed by atoms with van der Waals surface area (Å²) >= 11 is 0. The minimum Gasteiger partial charge on any atom is -0.353 e. The first kappa shape index (κ1) is 20.1. The molecule has 1 unspecified atom stereocenters. The Bertz CT molecular complexity index is 738. The highest BCUT2D eigenvalue weighted by Crippen LogP contribution is 2.18. The van der Waals surface area contributed by atoms with E-state index in [1.165, 1.54) is 37.1 Å². The van der Waals surface area contributed by atoms with Crippen molar-refractivity contribution in [2.24, 2.45) is 10.9 Å². The number of sulfone groups is 1. The van der Waals surface area contributed by atoms with E-state index in [1.807, 2.05) is 0 Å². The number of guanidine groups is 1. The first-order valence-corrected chi connectivity index (χ1v) is 11.7. The molecule has 0 radical (unpaired) electrons. The molecule has 27 heavy (non-hydrogen) atoms. The molecular weight excluding hydrogens is 360 g/mol. The number of rotatable bonds is 5. The number of hydrogen-bond acceptors (Lipinski definition) is 4. The van der Waals surface area contributed by atoms with E-state index in [0.717, 1.165) is 12.5 Å². The van der Waals surface area contributed by atoms with Crippen LogP contribution in [0, 0.1) is 5.92 Å². The van der Waals surface area contributed by atoms with Crippen LogP contribution in [-0.4, -0.2) is 57.0 Å². The van der Waals surface area contributed by atoms with Gasteiger partial charge in [-0.25, -0.2) is 8.42 Å². The number of hydrogen-bond donors (Lipinski definition) is 2. The van der Waals surface area contributed by atoms with Gasteiger partial charge in [-0.1, -0.05) is 31.2 Å². The quantitative estimate of drug-likeness (QED) is 0.590. The lowest BCUT2D eigenvalue weighted by Crippen LogP contribution is -2.43. The van der Waals surface area contributed by atoms with Crippen molar-refractivity contribution in [2.45, 2.75) is 45.3 Å². The van der Waals surface area contributed by atoms with Gasteiger partial charge in [-0.15, -0.1) is 0 Å². The fourth-order valence-electron chi connectivity index (χ4n) is 3.72. The van der Waals surface area contributed by atoms with Gasteiger partial charge in [0, 0.05) is 26.2 Å². The maximum Gasteiger partial charge on any atom is 0.191 e. The van der Waals surface area contributed by atoms with Crippen LogP contribution >= 0.6 is 0 Å². The van der Waals surface area contributed by atoms with Gasteiger partial charge in [0.2, 0.25) is 0 Å². The van der Waals surface area contributed by atoms with Crippen LogP contribution in [0.2, 0.25) is 0 Å². The smallest absolute Gasteiger partial charge is 0.191 e. The summed E-state index contributed by atoms with van der Waals surface area (Å²) in [6.45, 7) is 6.43. The molecule has 1 atom stereocenters. The molecule has 6 nitrogen and oxygen atoms in total. The van der Waals surface area contributed by atoms with Gasteiger partial charge in [0.25, 0.3) is 0 Å². The average molecular weight is 393 g/mol. The van der Waals surface area contributed by atoms with Gasteiger partial charge in [0.15, 0.2) is 15.8 Å². The Morgan fingerprint density at radius 3 is 2.41 bits per heavy atom. The Morgan fingerprint density at radius 2 is 1.81 bits per heavy atom. The number of nitrogens with one attached hydrogen (secondary N) is 2. The molecule has 0 spiro atoms. The highest BCUT2D eigenvalue weighted by Gasteiger charge is 2.28. The fraction of sp³-hybridized carbons (Fsp3) is 0.650. The largest absolute Gasteiger partial charge is 0.353 e. The summed E-state index contributed by atoms with van der Waals surface area (Å²) in [7, 11) is -1.18. The topological polar surface area (TPSA) is 73.8 Å². The van der Waals surface area contributed by atoms with E-state index in [9.17, 15) is 8.42 Å². The lowest BCUT2D eigenvalue weighted by atomic mass is 9.99. The SMILES string of the molecule is CN=C(NCc1ccc(CN2CCC(C)CC2)cc1)NC1CCS(=O)(=O)C1. The van der Waals surface area contributed by atoms with Crippen LogP contribution < -0.4 is 10.6 Å². The second kappa shape index (κ2) is 9.06. The van der Waals surface area contributed by atoms with E-state index in [2.05, 4.69) is 51.7 Å². The number of likely N-dealkylation sites (tertiary alicyclic amines) is 1.